The Bertz CT molecular complexity index is 444. The van der Waals surface area contributed by atoms with Gasteiger partial charge in [-0.2, -0.15) is 5.10 Å². The maximum atomic E-state index is 4.21. The predicted octanol–water partition coefficient (Wildman–Crippen LogP) is 0.998. The third-order valence-corrected chi connectivity index (χ3v) is 3.73. The molecule has 0 saturated heterocycles. The number of hydrogen-bond donors (Lipinski definition) is 1. The summed E-state index contributed by atoms with van der Waals surface area (Å²) in [6, 6.07) is 0.456. The number of fused-ring (bicyclic) bond motifs is 3. The molecule has 5 heteroatoms. The average Bonchev–Trinajstić information content (AvgIpc) is 2.65. The lowest BCUT2D eigenvalue weighted by atomic mass is 10.1. The molecule has 0 amide bonds. The maximum absolute atomic E-state index is 4.21. The minimum Gasteiger partial charge on any atom is -0.309 e. The van der Waals surface area contributed by atoms with Gasteiger partial charge in [-0.25, -0.2) is 9.50 Å². The van der Waals surface area contributed by atoms with Crippen LogP contribution in [0.5, 0.6) is 0 Å². The van der Waals surface area contributed by atoms with Gasteiger partial charge in [0.25, 0.3) is 0 Å². The highest BCUT2D eigenvalue weighted by Crippen LogP contribution is 2.29. The zero-order valence-corrected chi connectivity index (χ0v) is 8.14. The van der Waals surface area contributed by atoms with E-state index in [1.807, 2.05) is 4.52 Å². The van der Waals surface area contributed by atoms with E-state index in [1.54, 1.807) is 17.7 Å². The van der Waals surface area contributed by atoms with Crippen molar-refractivity contribution < 1.29 is 0 Å². The quantitative estimate of drug-likeness (QED) is 0.680. The molecule has 3 heterocycles. The molecular formula is C8H10N4S. The van der Waals surface area contributed by atoms with E-state index >= 15 is 0 Å². The van der Waals surface area contributed by atoms with E-state index in [9.17, 15) is 0 Å². The van der Waals surface area contributed by atoms with Crippen molar-refractivity contribution in [3.8, 4) is 0 Å². The summed E-state index contributed by atoms with van der Waals surface area (Å²) >= 11 is 1.74. The van der Waals surface area contributed by atoms with Crippen molar-refractivity contribution >= 4 is 16.3 Å². The van der Waals surface area contributed by atoms with E-state index in [0.717, 1.165) is 17.9 Å². The highest BCUT2D eigenvalue weighted by Gasteiger charge is 2.21. The molecule has 0 spiro atoms. The molecule has 1 N–H and O–H groups in total. The zero-order valence-electron chi connectivity index (χ0n) is 7.32. The Balaban J connectivity index is 2.31. The van der Waals surface area contributed by atoms with Gasteiger partial charge in [-0.1, -0.05) is 11.3 Å². The summed E-state index contributed by atoms with van der Waals surface area (Å²) < 4.78 is 1.97. The minimum absolute atomic E-state index is 0.456. The minimum atomic E-state index is 0.456. The van der Waals surface area contributed by atoms with Crippen LogP contribution >= 0.6 is 11.3 Å². The van der Waals surface area contributed by atoms with Crippen LogP contribution in [-0.4, -0.2) is 21.1 Å². The highest BCUT2D eigenvalue weighted by molar-refractivity contribution is 7.17. The van der Waals surface area contributed by atoms with Crippen LogP contribution in [0.25, 0.3) is 4.96 Å². The molecule has 1 unspecified atom stereocenters. The molecule has 4 nitrogen and oxygen atoms in total. The molecule has 2 aromatic rings. The first-order chi connectivity index (χ1) is 6.36. The van der Waals surface area contributed by atoms with E-state index in [0.29, 0.717) is 6.04 Å². The Morgan fingerprint density at radius 3 is 3.54 bits per heavy atom. The monoisotopic (exact) mass is 194 g/mol. The molecule has 1 atom stereocenters. The Morgan fingerprint density at radius 2 is 2.62 bits per heavy atom. The van der Waals surface area contributed by atoms with Gasteiger partial charge in [-0.3, -0.25) is 0 Å². The molecule has 1 aliphatic rings. The Hall–Kier alpha value is -0.940. The van der Waals surface area contributed by atoms with Crippen LogP contribution in [0.3, 0.4) is 0 Å². The largest absolute Gasteiger partial charge is 0.309 e. The van der Waals surface area contributed by atoms with E-state index in [2.05, 4.69) is 22.3 Å². The van der Waals surface area contributed by atoms with Gasteiger partial charge < -0.3 is 5.32 Å². The van der Waals surface area contributed by atoms with E-state index in [1.165, 1.54) is 10.6 Å². The molecule has 1 aliphatic heterocycles. The molecule has 0 aliphatic carbocycles. The fourth-order valence-corrected chi connectivity index (χ4v) is 2.92. The summed E-state index contributed by atoms with van der Waals surface area (Å²) in [5, 5.41) is 7.65. The first kappa shape index (κ1) is 7.46. The molecule has 0 saturated carbocycles. The Morgan fingerprint density at radius 1 is 1.69 bits per heavy atom. The van der Waals surface area contributed by atoms with Gasteiger partial charge in [0, 0.05) is 23.9 Å². The zero-order chi connectivity index (χ0) is 8.84. The molecular weight excluding hydrogens is 184 g/mol. The smallest absolute Gasteiger partial charge is 0.212 e. The van der Waals surface area contributed by atoms with E-state index in [-0.39, 0.29) is 0 Å². The van der Waals surface area contributed by atoms with Crippen molar-refractivity contribution in [1.29, 1.82) is 0 Å². The number of hydrogen-bond acceptors (Lipinski definition) is 4. The van der Waals surface area contributed by atoms with Crippen LogP contribution in [0.15, 0.2) is 6.33 Å². The van der Waals surface area contributed by atoms with Crippen molar-refractivity contribution in [3.05, 3.63) is 16.9 Å². The topological polar surface area (TPSA) is 42.2 Å². The number of nitrogens with zero attached hydrogens (tertiary/aromatic N) is 3. The summed E-state index contributed by atoms with van der Waals surface area (Å²) in [5.41, 5.74) is 1.34. The lowest BCUT2D eigenvalue weighted by Gasteiger charge is -2.18. The number of aromatic nitrogens is 3. The third kappa shape index (κ3) is 0.941. The normalized spacial score (nSPS) is 22.1. The van der Waals surface area contributed by atoms with Gasteiger partial charge in [0.15, 0.2) is 0 Å². The van der Waals surface area contributed by atoms with Gasteiger partial charge in [-0.05, 0) is 6.92 Å². The molecule has 0 bridgehead atoms. The molecule has 2 aromatic heterocycles. The van der Waals surface area contributed by atoms with Gasteiger partial charge in [0.1, 0.15) is 6.33 Å². The van der Waals surface area contributed by atoms with Crippen LogP contribution in [0.4, 0.5) is 0 Å². The first-order valence-corrected chi connectivity index (χ1v) is 5.22. The predicted molar refractivity (Wildman–Crippen MR) is 51.0 cm³/mol. The number of rotatable bonds is 0. The maximum Gasteiger partial charge on any atom is 0.212 e. The van der Waals surface area contributed by atoms with Gasteiger partial charge in [0.2, 0.25) is 4.96 Å². The summed E-state index contributed by atoms with van der Waals surface area (Å²) in [6.07, 6.45) is 2.68. The van der Waals surface area contributed by atoms with Gasteiger partial charge >= 0.3 is 0 Å². The van der Waals surface area contributed by atoms with Crippen LogP contribution < -0.4 is 5.32 Å². The second-order valence-corrected chi connectivity index (χ2v) is 4.30. The Kier molecular flexibility index (Phi) is 1.45. The molecule has 3 rings (SSSR count). The van der Waals surface area contributed by atoms with Crippen LogP contribution in [0.1, 0.15) is 23.5 Å². The second-order valence-electron chi connectivity index (χ2n) is 3.29. The number of nitrogens with one attached hydrogen (secondary N) is 1. The molecule has 68 valence electrons. The summed E-state index contributed by atoms with van der Waals surface area (Å²) in [5.74, 6) is 0. The van der Waals surface area contributed by atoms with E-state index in [4.69, 9.17) is 0 Å². The Labute approximate surface area is 79.6 Å². The highest BCUT2D eigenvalue weighted by atomic mass is 32.1. The van der Waals surface area contributed by atoms with Crippen LogP contribution in [-0.2, 0) is 6.42 Å². The lowest BCUT2D eigenvalue weighted by molar-refractivity contribution is 0.537. The van der Waals surface area contributed by atoms with Crippen LogP contribution in [0, 0.1) is 0 Å². The fraction of sp³-hybridized carbons (Fsp3) is 0.500. The second kappa shape index (κ2) is 2.52. The summed E-state index contributed by atoms with van der Waals surface area (Å²) in [6.45, 7) is 3.23. The average molecular weight is 194 g/mol. The first-order valence-electron chi connectivity index (χ1n) is 4.41. The van der Waals surface area contributed by atoms with Crippen molar-refractivity contribution in [2.24, 2.45) is 0 Å². The molecule has 0 fully saturated rings. The third-order valence-electron chi connectivity index (χ3n) is 2.46. The fourth-order valence-electron chi connectivity index (χ4n) is 1.81. The van der Waals surface area contributed by atoms with Crippen molar-refractivity contribution in [1.82, 2.24) is 19.9 Å². The van der Waals surface area contributed by atoms with E-state index < -0.39 is 0 Å². The summed E-state index contributed by atoms with van der Waals surface area (Å²) in [4.78, 5) is 6.61. The standard InChI is InChI=1S/C8H10N4S/c1-5-7-6(2-3-9-5)12-8(13-7)10-4-11-12/h4-5,9H,2-3H2,1H3. The molecule has 0 radical (unpaired) electrons. The van der Waals surface area contributed by atoms with Gasteiger partial charge in [0.05, 0.1) is 5.69 Å². The van der Waals surface area contributed by atoms with Crippen molar-refractivity contribution in [2.75, 3.05) is 6.54 Å². The van der Waals surface area contributed by atoms with Crippen LogP contribution in [0.2, 0.25) is 0 Å². The summed E-state index contributed by atoms with van der Waals surface area (Å²) in [7, 11) is 0. The SMILES string of the molecule is CC1NCCc2c1sc1ncnn21. The molecule has 13 heavy (non-hydrogen) atoms. The molecule has 0 aromatic carbocycles. The van der Waals surface area contributed by atoms with Crippen molar-refractivity contribution in [3.63, 3.8) is 0 Å². The van der Waals surface area contributed by atoms with Gasteiger partial charge in [-0.15, -0.1) is 0 Å². The van der Waals surface area contributed by atoms with Crippen molar-refractivity contribution in [2.45, 2.75) is 19.4 Å². The number of thiazole rings is 1. The lowest BCUT2D eigenvalue weighted by Crippen LogP contribution is -2.27.